The predicted molar refractivity (Wildman–Crippen MR) is 83.5 cm³/mol. The van der Waals surface area contributed by atoms with Crippen LogP contribution in [0.25, 0.3) is 0 Å². The van der Waals surface area contributed by atoms with Crippen molar-refractivity contribution in [2.75, 3.05) is 12.8 Å². The molecule has 1 saturated carbocycles. The average molecular weight is 330 g/mol. The number of alkyl halides is 1. The molecule has 0 aromatic heterocycles. The first kappa shape index (κ1) is 16.3. The van der Waals surface area contributed by atoms with Crippen LogP contribution in [0.2, 0.25) is 0 Å². The number of amides is 1. The Hall–Kier alpha value is -1.07. The molecule has 1 amide bonds. The zero-order chi connectivity index (χ0) is 15.5. The second kappa shape index (κ2) is 6.79. The van der Waals surface area contributed by atoms with Crippen molar-refractivity contribution < 1.29 is 13.2 Å². The maximum absolute atomic E-state index is 12.0. The fourth-order valence-corrected chi connectivity index (χ4v) is 3.40. The third kappa shape index (κ3) is 4.71. The Morgan fingerprint density at radius 2 is 1.76 bits per heavy atom. The van der Waals surface area contributed by atoms with Crippen LogP contribution in [-0.4, -0.2) is 32.5 Å². The summed E-state index contributed by atoms with van der Waals surface area (Å²) in [5.41, 5.74) is 0.480. The minimum absolute atomic E-state index is 0.164. The Kier molecular flexibility index (Phi) is 5.27. The van der Waals surface area contributed by atoms with Gasteiger partial charge in [0.05, 0.1) is 4.90 Å². The molecule has 1 aliphatic carbocycles. The highest BCUT2D eigenvalue weighted by Gasteiger charge is 2.20. The number of carbonyl (C=O) groups excluding carboxylic acids is 1. The van der Waals surface area contributed by atoms with Crippen molar-refractivity contribution in [3.63, 3.8) is 0 Å². The van der Waals surface area contributed by atoms with Gasteiger partial charge in [-0.2, -0.15) is 0 Å². The van der Waals surface area contributed by atoms with E-state index in [9.17, 15) is 13.2 Å². The van der Waals surface area contributed by atoms with Crippen LogP contribution in [-0.2, 0) is 9.84 Å². The summed E-state index contributed by atoms with van der Waals surface area (Å²) in [7, 11) is -3.22. The van der Waals surface area contributed by atoms with Crippen LogP contribution in [0, 0.1) is 5.92 Å². The van der Waals surface area contributed by atoms with E-state index in [-0.39, 0.29) is 16.2 Å². The van der Waals surface area contributed by atoms with Gasteiger partial charge in [0.1, 0.15) is 0 Å². The molecule has 116 valence electrons. The van der Waals surface area contributed by atoms with Crippen LogP contribution in [0.1, 0.15) is 36.0 Å². The van der Waals surface area contributed by atoms with Crippen molar-refractivity contribution >= 4 is 27.3 Å². The van der Waals surface area contributed by atoms with Gasteiger partial charge in [0, 0.05) is 23.7 Å². The molecule has 6 heteroatoms. The Bertz CT molecular complexity index is 590. The molecule has 0 spiro atoms. The first-order chi connectivity index (χ1) is 9.86. The lowest BCUT2D eigenvalue weighted by atomic mass is 9.89. The number of carbonyl (C=O) groups is 1. The van der Waals surface area contributed by atoms with Crippen LogP contribution in [0.4, 0.5) is 0 Å². The third-order valence-corrected chi connectivity index (χ3v) is 5.44. The minimum atomic E-state index is -3.22. The van der Waals surface area contributed by atoms with E-state index < -0.39 is 9.84 Å². The summed E-state index contributed by atoms with van der Waals surface area (Å²) in [6, 6.07) is 6.01. The van der Waals surface area contributed by atoms with E-state index in [1.165, 1.54) is 12.1 Å². The van der Waals surface area contributed by atoms with Gasteiger partial charge in [-0.15, -0.1) is 11.6 Å². The van der Waals surface area contributed by atoms with E-state index in [4.69, 9.17) is 11.6 Å². The van der Waals surface area contributed by atoms with Crippen LogP contribution in [0.5, 0.6) is 0 Å². The Morgan fingerprint density at radius 3 is 2.29 bits per heavy atom. The standard InChI is InChI=1S/C15H20ClNO3S/c1-21(19,20)14-8-4-12(5-9-14)15(18)17-10-11-2-6-13(16)7-3-11/h4-5,8-9,11,13H,2-3,6-7,10H2,1H3,(H,17,18). The van der Waals surface area contributed by atoms with Crippen LogP contribution in [0.3, 0.4) is 0 Å². The normalized spacial score (nSPS) is 22.8. The zero-order valence-corrected chi connectivity index (χ0v) is 13.6. The smallest absolute Gasteiger partial charge is 0.251 e. The van der Waals surface area contributed by atoms with E-state index in [1.54, 1.807) is 12.1 Å². The van der Waals surface area contributed by atoms with Gasteiger partial charge in [-0.1, -0.05) is 0 Å². The van der Waals surface area contributed by atoms with E-state index in [0.29, 0.717) is 18.0 Å². The molecule has 0 heterocycles. The Labute approximate surface area is 130 Å². The molecule has 0 aliphatic heterocycles. The molecule has 1 N–H and O–H groups in total. The summed E-state index contributed by atoms with van der Waals surface area (Å²) in [4.78, 5) is 12.2. The van der Waals surface area contributed by atoms with Crippen molar-refractivity contribution in [2.45, 2.75) is 36.0 Å². The molecule has 21 heavy (non-hydrogen) atoms. The number of halogens is 1. The summed E-state index contributed by atoms with van der Waals surface area (Å²) >= 11 is 6.06. The fourth-order valence-electron chi connectivity index (χ4n) is 2.52. The van der Waals surface area contributed by atoms with Gasteiger partial charge in [-0.05, 0) is 55.9 Å². The average Bonchev–Trinajstić information content (AvgIpc) is 2.45. The van der Waals surface area contributed by atoms with Crippen molar-refractivity contribution in [1.29, 1.82) is 0 Å². The van der Waals surface area contributed by atoms with Crippen molar-refractivity contribution in [3.8, 4) is 0 Å². The highest BCUT2D eigenvalue weighted by Crippen LogP contribution is 2.27. The fraction of sp³-hybridized carbons (Fsp3) is 0.533. The molecule has 1 aromatic rings. The monoisotopic (exact) mass is 329 g/mol. The quantitative estimate of drug-likeness (QED) is 0.864. The highest BCUT2D eigenvalue weighted by molar-refractivity contribution is 7.90. The van der Waals surface area contributed by atoms with E-state index in [2.05, 4.69) is 5.32 Å². The van der Waals surface area contributed by atoms with Crippen molar-refractivity contribution in [2.24, 2.45) is 5.92 Å². The second-order valence-electron chi connectivity index (χ2n) is 5.62. The summed E-state index contributed by atoms with van der Waals surface area (Å²) in [6.07, 6.45) is 5.24. The SMILES string of the molecule is CS(=O)(=O)c1ccc(C(=O)NCC2CCC(Cl)CC2)cc1. The molecule has 0 radical (unpaired) electrons. The molecule has 0 atom stereocenters. The summed E-state index contributed by atoms with van der Waals surface area (Å²) in [6.45, 7) is 0.649. The number of hydrogen-bond acceptors (Lipinski definition) is 3. The van der Waals surface area contributed by atoms with Gasteiger partial charge in [0.25, 0.3) is 5.91 Å². The molecule has 0 unspecified atom stereocenters. The molecular formula is C15H20ClNO3S. The maximum Gasteiger partial charge on any atom is 0.251 e. The van der Waals surface area contributed by atoms with Gasteiger partial charge in [0.15, 0.2) is 9.84 Å². The largest absolute Gasteiger partial charge is 0.352 e. The minimum Gasteiger partial charge on any atom is -0.352 e. The van der Waals surface area contributed by atoms with E-state index in [0.717, 1.165) is 31.9 Å². The molecule has 1 fully saturated rings. The summed E-state index contributed by atoms with van der Waals surface area (Å²) in [5, 5.41) is 3.19. The first-order valence-electron chi connectivity index (χ1n) is 7.08. The van der Waals surface area contributed by atoms with E-state index in [1.807, 2.05) is 0 Å². The van der Waals surface area contributed by atoms with Crippen molar-refractivity contribution in [3.05, 3.63) is 29.8 Å². The van der Waals surface area contributed by atoms with Gasteiger partial charge in [-0.3, -0.25) is 4.79 Å². The van der Waals surface area contributed by atoms with Crippen LogP contribution < -0.4 is 5.32 Å². The third-order valence-electron chi connectivity index (χ3n) is 3.87. The van der Waals surface area contributed by atoms with Gasteiger partial charge >= 0.3 is 0 Å². The number of rotatable bonds is 4. The number of benzene rings is 1. The molecule has 4 nitrogen and oxygen atoms in total. The number of sulfone groups is 1. The van der Waals surface area contributed by atoms with Crippen LogP contribution in [0.15, 0.2) is 29.2 Å². The molecule has 1 aromatic carbocycles. The lowest BCUT2D eigenvalue weighted by Gasteiger charge is -2.25. The maximum atomic E-state index is 12.0. The summed E-state index contributed by atoms with van der Waals surface area (Å²) < 4.78 is 22.7. The Balaban J connectivity index is 1.89. The molecule has 1 aliphatic rings. The first-order valence-corrected chi connectivity index (χ1v) is 9.41. The number of nitrogens with one attached hydrogen (secondary N) is 1. The van der Waals surface area contributed by atoms with Crippen LogP contribution >= 0.6 is 11.6 Å². The van der Waals surface area contributed by atoms with Gasteiger partial charge < -0.3 is 5.32 Å². The zero-order valence-electron chi connectivity index (χ0n) is 12.0. The lowest BCUT2D eigenvalue weighted by Crippen LogP contribution is -2.31. The van der Waals surface area contributed by atoms with Gasteiger partial charge in [-0.25, -0.2) is 8.42 Å². The molecule has 0 bridgehead atoms. The van der Waals surface area contributed by atoms with Gasteiger partial charge in [0.2, 0.25) is 0 Å². The van der Waals surface area contributed by atoms with Crippen molar-refractivity contribution in [1.82, 2.24) is 5.32 Å². The topological polar surface area (TPSA) is 63.2 Å². The highest BCUT2D eigenvalue weighted by atomic mass is 35.5. The number of hydrogen-bond donors (Lipinski definition) is 1. The molecular weight excluding hydrogens is 310 g/mol. The predicted octanol–water partition coefficient (Wildman–Crippen LogP) is 2.62. The lowest BCUT2D eigenvalue weighted by molar-refractivity contribution is 0.0943. The Morgan fingerprint density at radius 1 is 1.19 bits per heavy atom. The molecule has 0 saturated heterocycles. The summed E-state index contributed by atoms with van der Waals surface area (Å²) in [5.74, 6) is 0.322. The second-order valence-corrected chi connectivity index (χ2v) is 8.26. The van der Waals surface area contributed by atoms with E-state index >= 15 is 0 Å². The molecule has 2 rings (SSSR count).